The van der Waals surface area contributed by atoms with E-state index in [1.165, 1.54) is 4.90 Å². The lowest BCUT2D eigenvalue weighted by atomic mass is 10.1. The number of halogens is 2. The molecule has 0 unspecified atom stereocenters. The highest BCUT2D eigenvalue weighted by molar-refractivity contribution is 5.95. The van der Waals surface area contributed by atoms with Gasteiger partial charge in [0.05, 0.1) is 6.54 Å². The first-order valence-corrected chi connectivity index (χ1v) is 8.55. The summed E-state index contributed by atoms with van der Waals surface area (Å²) < 4.78 is 10.7. The van der Waals surface area contributed by atoms with E-state index in [0.717, 1.165) is 25.9 Å². The number of cyclic esters (lactones) is 1. The van der Waals surface area contributed by atoms with Crippen molar-refractivity contribution >= 4 is 48.5 Å². The van der Waals surface area contributed by atoms with Crippen molar-refractivity contribution in [3.63, 3.8) is 0 Å². The lowest BCUT2D eigenvalue weighted by molar-refractivity contribution is -0.118. The molecule has 1 atom stereocenters. The number of rotatable bonds is 4. The number of anilines is 2. The van der Waals surface area contributed by atoms with E-state index in [0.29, 0.717) is 36.5 Å². The topological polar surface area (TPSA) is 105 Å². The van der Waals surface area contributed by atoms with Crippen molar-refractivity contribution in [1.29, 1.82) is 0 Å². The second-order valence-electron chi connectivity index (χ2n) is 6.40. The fraction of sp³-hybridized carbons (Fsp3) is 0.562. The highest BCUT2D eigenvalue weighted by Crippen LogP contribution is 2.29. The Labute approximate surface area is 169 Å². The molecule has 3 aliphatic rings. The van der Waals surface area contributed by atoms with Gasteiger partial charge >= 0.3 is 6.09 Å². The molecule has 0 radical (unpaired) electrons. The average molecular weight is 420 g/mol. The minimum Gasteiger partial charge on any atom is -0.480 e. The summed E-state index contributed by atoms with van der Waals surface area (Å²) in [6.45, 7) is 3.06. The zero-order chi connectivity index (χ0) is 17.2. The molecular formula is C16H23Cl2N5O4. The standard InChI is InChI=1S/C16H21N5O4.2ClH/c22-14-9-24-12-1-2-13(19-15(12)20-14)21-8-11(25-16(21)23)7-18-10-3-5-17-6-4-10;;/h1-2,10-11,17-18H,3-9H2,(H,19,20,22);2*1H/t11-;;/m0../s1. The van der Waals surface area contributed by atoms with Gasteiger partial charge in [0, 0.05) is 12.6 Å². The minimum atomic E-state index is -0.424. The molecule has 11 heteroatoms. The number of ether oxygens (including phenoxy) is 2. The van der Waals surface area contributed by atoms with Crippen molar-refractivity contribution in [2.45, 2.75) is 25.0 Å². The Morgan fingerprint density at radius 1 is 1.22 bits per heavy atom. The van der Waals surface area contributed by atoms with Gasteiger partial charge in [-0.25, -0.2) is 9.78 Å². The van der Waals surface area contributed by atoms with Gasteiger partial charge in [-0.05, 0) is 38.1 Å². The van der Waals surface area contributed by atoms with Crippen molar-refractivity contribution in [3.05, 3.63) is 12.1 Å². The smallest absolute Gasteiger partial charge is 0.416 e. The Morgan fingerprint density at radius 2 is 2.00 bits per heavy atom. The maximum Gasteiger partial charge on any atom is 0.416 e. The van der Waals surface area contributed by atoms with Gasteiger partial charge in [-0.15, -0.1) is 24.8 Å². The molecule has 3 aliphatic heterocycles. The third-order valence-electron chi connectivity index (χ3n) is 4.58. The molecule has 2 amide bonds. The summed E-state index contributed by atoms with van der Waals surface area (Å²) in [6, 6.07) is 3.86. The van der Waals surface area contributed by atoms with Crippen molar-refractivity contribution in [2.75, 3.05) is 43.0 Å². The summed E-state index contributed by atoms with van der Waals surface area (Å²) in [5.41, 5.74) is 0. The van der Waals surface area contributed by atoms with E-state index < -0.39 is 6.09 Å². The van der Waals surface area contributed by atoms with Gasteiger partial charge in [0.25, 0.3) is 5.91 Å². The number of aromatic nitrogens is 1. The molecule has 0 aromatic carbocycles. The van der Waals surface area contributed by atoms with Crippen molar-refractivity contribution < 1.29 is 19.1 Å². The van der Waals surface area contributed by atoms with Crippen LogP contribution < -0.4 is 25.6 Å². The third-order valence-corrected chi connectivity index (χ3v) is 4.58. The lowest BCUT2D eigenvalue weighted by Gasteiger charge is -2.24. The molecule has 0 saturated carbocycles. The monoisotopic (exact) mass is 419 g/mol. The van der Waals surface area contributed by atoms with Gasteiger partial charge < -0.3 is 25.4 Å². The zero-order valence-electron chi connectivity index (χ0n) is 14.6. The van der Waals surface area contributed by atoms with Crippen molar-refractivity contribution in [3.8, 4) is 5.75 Å². The second kappa shape index (κ2) is 9.41. The lowest BCUT2D eigenvalue weighted by Crippen LogP contribution is -2.43. The summed E-state index contributed by atoms with van der Waals surface area (Å²) in [6.07, 6.45) is 1.52. The van der Waals surface area contributed by atoms with Crippen LogP contribution in [0.4, 0.5) is 16.4 Å². The van der Waals surface area contributed by atoms with Crippen LogP contribution in [0, 0.1) is 0 Å². The van der Waals surface area contributed by atoms with Crippen molar-refractivity contribution in [2.24, 2.45) is 0 Å². The number of amides is 2. The highest BCUT2D eigenvalue weighted by atomic mass is 35.5. The number of hydrogen-bond acceptors (Lipinski definition) is 7. The van der Waals surface area contributed by atoms with Crippen LogP contribution in [0.1, 0.15) is 12.8 Å². The first kappa shape index (κ1) is 21.5. The second-order valence-corrected chi connectivity index (χ2v) is 6.40. The predicted octanol–water partition coefficient (Wildman–Crippen LogP) is 0.923. The van der Waals surface area contributed by atoms with Crippen LogP contribution in [0.25, 0.3) is 0 Å². The van der Waals surface area contributed by atoms with Crippen LogP contribution >= 0.6 is 24.8 Å². The van der Waals surface area contributed by atoms with Gasteiger partial charge in [0.2, 0.25) is 0 Å². The molecule has 0 spiro atoms. The maximum atomic E-state index is 12.2. The zero-order valence-corrected chi connectivity index (χ0v) is 16.2. The largest absolute Gasteiger partial charge is 0.480 e. The Bertz CT molecular complexity index is 687. The molecular weight excluding hydrogens is 397 g/mol. The van der Waals surface area contributed by atoms with Gasteiger partial charge in [0.1, 0.15) is 11.9 Å². The molecule has 0 bridgehead atoms. The van der Waals surface area contributed by atoms with Crippen LogP contribution in [-0.2, 0) is 9.53 Å². The minimum absolute atomic E-state index is 0. The van der Waals surface area contributed by atoms with Gasteiger partial charge in [-0.3, -0.25) is 9.69 Å². The van der Waals surface area contributed by atoms with Gasteiger partial charge in [0.15, 0.2) is 18.2 Å². The van der Waals surface area contributed by atoms with Gasteiger partial charge in [-0.1, -0.05) is 0 Å². The van der Waals surface area contributed by atoms with E-state index in [9.17, 15) is 9.59 Å². The molecule has 27 heavy (non-hydrogen) atoms. The maximum absolute atomic E-state index is 12.2. The molecule has 4 heterocycles. The normalized spacial score (nSPS) is 21.9. The summed E-state index contributed by atoms with van der Waals surface area (Å²) in [5, 5.41) is 9.44. The van der Waals surface area contributed by atoms with Crippen LogP contribution in [0.2, 0.25) is 0 Å². The quantitative estimate of drug-likeness (QED) is 0.666. The summed E-state index contributed by atoms with van der Waals surface area (Å²) in [5.74, 6) is 1.02. The highest BCUT2D eigenvalue weighted by Gasteiger charge is 2.34. The molecule has 9 nitrogen and oxygen atoms in total. The fourth-order valence-corrected chi connectivity index (χ4v) is 3.24. The number of pyridine rings is 1. The van der Waals surface area contributed by atoms with E-state index in [1.807, 2.05) is 0 Å². The first-order valence-electron chi connectivity index (χ1n) is 8.55. The van der Waals surface area contributed by atoms with Crippen molar-refractivity contribution in [1.82, 2.24) is 15.6 Å². The number of fused-ring (bicyclic) bond motifs is 1. The summed E-state index contributed by atoms with van der Waals surface area (Å²) >= 11 is 0. The number of carbonyl (C=O) groups excluding carboxylic acids is 2. The molecule has 2 saturated heterocycles. The number of nitrogens with zero attached hydrogens (tertiary/aromatic N) is 2. The van der Waals surface area contributed by atoms with Crippen LogP contribution in [0.15, 0.2) is 12.1 Å². The average Bonchev–Trinajstić information content (AvgIpc) is 3.01. The first-order chi connectivity index (χ1) is 12.2. The van der Waals surface area contributed by atoms with E-state index >= 15 is 0 Å². The predicted molar refractivity (Wildman–Crippen MR) is 104 cm³/mol. The summed E-state index contributed by atoms with van der Waals surface area (Å²) in [7, 11) is 0. The molecule has 3 N–H and O–H groups in total. The third kappa shape index (κ3) is 4.92. The molecule has 1 aromatic rings. The number of carbonyl (C=O) groups is 2. The van der Waals surface area contributed by atoms with E-state index in [-0.39, 0.29) is 43.4 Å². The van der Waals surface area contributed by atoms with Crippen LogP contribution in [0.5, 0.6) is 5.75 Å². The number of piperidine rings is 1. The molecule has 2 fully saturated rings. The molecule has 4 rings (SSSR count). The fourth-order valence-electron chi connectivity index (χ4n) is 3.24. The molecule has 1 aromatic heterocycles. The van der Waals surface area contributed by atoms with E-state index in [1.54, 1.807) is 12.1 Å². The van der Waals surface area contributed by atoms with E-state index in [2.05, 4.69) is 20.9 Å². The summed E-state index contributed by atoms with van der Waals surface area (Å²) in [4.78, 5) is 29.4. The Hall–Kier alpha value is -1.81. The number of nitrogens with one attached hydrogen (secondary N) is 3. The SMILES string of the molecule is Cl.Cl.O=C1COc2ccc(N3C[C@H](CNC4CCNCC4)OC3=O)nc2N1. The molecule has 150 valence electrons. The van der Waals surface area contributed by atoms with Crippen LogP contribution in [-0.4, -0.2) is 61.9 Å². The van der Waals surface area contributed by atoms with Crippen LogP contribution in [0.3, 0.4) is 0 Å². The number of hydrogen-bond donors (Lipinski definition) is 3. The Balaban J connectivity index is 0.00000131. The van der Waals surface area contributed by atoms with E-state index in [4.69, 9.17) is 9.47 Å². The Kier molecular flexibility index (Phi) is 7.49. The Morgan fingerprint density at radius 3 is 2.78 bits per heavy atom. The van der Waals surface area contributed by atoms with Gasteiger partial charge in [-0.2, -0.15) is 0 Å². The molecule has 0 aliphatic carbocycles.